The number of carbonyl (C=O) groups is 1. The van der Waals surface area contributed by atoms with Gasteiger partial charge in [0, 0.05) is 11.1 Å². The van der Waals surface area contributed by atoms with Crippen LogP contribution in [0, 0.1) is 24.6 Å². The van der Waals surface area contributed by atoms with Crippen LogP contribution in [0.3, 0.4) is 0 Å². The molecule has 36 heavy (non-hydrogen) atoms. The maximum absolute atomic E-state index is 14.0. The first-order chi connectivity index (χ1) is 17.2. The number of aliphatic carboxylic acids is 1. The van der Waals surface area contributed by atoms with Crippen molar-refractivity contribution in [2.75, 3.05) is 12.8 Å². The minimum absolute atomic E-state index is 0.0296. The Labute approximate surface area is 211 Å². The Hall–Kier alpha value is -3.43. The number of hydrogen-bond donors (Lipinski definition) is 2. The van der Waals surface area contributed by atoms with Crippen molar-refractivity contribution in [3.63, 3.8) is 0 Å². The molecule has 1 heterocycles. The van der Waals surface area contributed by atoms with Crippen LogP contribution in [0.5, 0.6) is 0 Å². The van der Waals surface area contributed by atoms with Crippen LogP contribution in [-0.4, -0.2) is 40.0 Å². The molecule has 0 bridgehead atoms. The van der Waals surface area contributed by atoms with E-state index in [1.807, 2.05) is 50.2 Å². The average molecular weight is 509 g/mol. The van der Waals surface area contributed by atoms with E-state index in [1.165, 1.54) is 6.07 Å². The van der Waals surface area contributed by atoms with E-state index in [-0.39, 0.29) is 24.5 Å². The van der Waals surface area contributed by atoms with Gasteiger partial charge in [0.05, 0.1) is 23.4 Å². The highest BCUT2D eigenvalue weighted by atomic mass is 31.1. The molecule has 3 rings (SSSR count). The van der Waals surface area contributed by atoms with Gasteiger partial charge in [0.2, 0.25) is 6.16 Å². The Morgan fingerprint density at radius 1 is 1.14 bits per heavy atom. The molecule has 3 aromatic rings. The standard InChI is InChI=1S/C28H27FNO5P/c1-18(2)28-23(10-7-13-35-36(34)17-22(31)15-27(32)33)24(21-11-12-25(29)19(3)14-21)16-26(30-28)20-8-5-4-6-9-20/h4-6,8-9,11-12,14,16,18,22,31H,13,15,17H2,1-3H3/p+1/t22-/m0/s1. The molecular weight excluding hydrogens is 480 g/mol. The fourth-order valence-electron chi connectivity index (χ4n) is 3.63. The van der Waals surface area contributed by atoms with Crippen LogP contribution in [0.25, 0.3) is 22.4 Å². The molecule has 0 spiro atoms. The molecule has 0 amide bonds. The number of pyridine rings is 1. The number of aromatic nitrogens is 1. The van der Waals surface area contributed by atoms with E-state index >= 15 is 0 Å². The normalized spacial score (nSPS) is 12.1. The highest BCUT2D eigenvalue weighted by Crippen LogP contribution is 2.33. The number of aliphatic hydroxyl groups is 1. The number of carboxylic acid groups (broad SMARTS) is 1. The molecule has 2 N–H and O–H groups in total. The lowest BCUT2D eigenvalue weighted by atomic mass is 9.92. The molecule has 0 fully saturated rings. The van der Waals surface area contributed by atoms with E-state index in [0.29, 0.717) is 11.1 Å². The lowest BCUT2D eigenvalue weighted by molar-refractivity contribution is -0.138. The number of nitrogens with zero attached hydrogens (tertiary/aromatic N) is 1. The SMILES string of the molecule is Cc1cc(-c2cc(-c3ccccc3)nc(C(C)C)c2C#CCO[P+](=O)C[C@@H](O)CC(=O)O)ccc1F. The molecule has 0 radical (unpaired) electrons. The highest BCUT2D eigenvalue weighted by Gasteiger charge is 2.25. The summed E-state index contributed by atoms with van der Waals surface area (Å²) in [6.45, 7) is 5.56. The Kier molecular flexibility index (Phi) is 9.44. The predicted molar refractivity (Wildman–Crippen MR) is 137 cm³/mol. The van der Waals surface area contributed by atoms with Crippen molar-refractivity contribution in [2.24, 2.45) is 0 Å². The molecule has 0 aliphatic rings. The third-order valence-electron chi connectivity index (χ3n) is 5.40. The summed E-state index contributed by atoms with van der Waals surface area (Å²) in [5, 5.41) is 18.3. The minimum atomic E-state index is -2.27. The summed E-state index contributed by atoms with van der Waals surface area (Å²) in [6, 6.07) is 16.6. The molecule has 0 aliphatic carbocycles. The molecule has 8 heteroatoms. The van der Waals surface area contributed by atoms with Gasteiger partial charge in [0.25, 0.3) is 0 Å². The van der Waals surface area contributed by atoms with Crippen LogP contribution in [0.1, 0.15) is 43.0 Å². The fourth-order valence-corrected chi connectivity index (χ4v) is 4.42. The van der Waals surface area contributed by atoms with Crippen molar-refractivity contribution in [2.45, 2.75) is 39.2 Å². The number of aliphatic hydroxyl groups excluding tert-OH is 1. The van der Waals surface area contributed by atoms with Gasteiger partial charge in [0.1, 0.15) is 11.9 Å². The van der Waals surface area contributed by atoms with Gasteiger partial charge in [-0.15, -0.1) is 4.52 Å². The number of halogens is 1. The van der Waals surface area contributed by atoms with Crippen molar-refractivity contribution in [1.82, 2.24) is 4.98 Å². The van der Waals surface area contributed by atoms with E-state index in [1.54, 1.807) is 19.1 Å². The maximum Gasteiger partial charge on any atom is 0.511 e. The summed E-state index contributed by atoms with van der Waals surface area (Å²) in [6.07, 6.45) is -2.04. The Morgan fingerprint density at radius 3 is 2.50 bits per heavy atom. The third kappa shape index (κ3) is 7.29. The molecule has 1 unspecified atom stereocenters. The molecule has 2 aromatic carbocycles. The summed E-state index contributed by atoms with van der Waals surface area (Å²) in [5.41, 5.74) is 5.25. The van der Waals surface area contributed by atoms with Gasteiger partial charge in [-0.3, -0.25) is 9.78 Å². The van der Waals surface area contributed by atoms with Crippen LogP contribution in [0.15, 0.2) is 54.6 Å². The van der Waals surface area contributed by atoms with Gasteiger partial charge in [-0.25, -0.2) is 4.39 Å². The quantitative estimate of drug-likeness (QED) is 0.275. The number of aryl methyl sites for hydroxylation is 1. The van der Waals surface area contributed by atoms with E-state index < -0.39 is 26.5 Å². The van der Waals surface area contributed by atoms with Crippen molar-refractivity contribution in [3.8, 4) is 34.2 Å². The number of rotatable bonds is 9. The largest absolute Gasteiger partial charge is 0.511 e. The number of hydrogen-bond acceptors (Lipinski definition) is 5. The number of carboxylic acids is 1. The van der Waals surface area contributed by atoms with Gasteiger partial charge in [-0.05, 0) is 46.7 Å². The van der Waals surface area contributed by atoms with Crippen molar-refractivity contribution in [1.29, 1.82) is 0 Å². The van der Waals surface area contributed by atoms with Crippen LogP contribution in [-0.2, 0) is 13.9 Å². The van der Waals surface area contributed by atoms with Gasteiger partial charge in [-0.2, -0.15) is 0 Å². The molecule has 1 aromatic heterocycles. The lowest BCUT2D eigenvalue weighted by Gasteiger charge is -2.16. The molecule has 186 valence electrons. The first kappa shape index (κ1) is 27.2. The van der Waals surface area contributed by atoms with E-state index in [9.17, 15) is 18.9 Å². The first-order valence-corrected chi connectivity index (χ1v) is 12.8. The molecule has 6 nitrogen and oxygen atoms in total. The molecule has 0 saturated carbocycles. The minimum Gasteiger partial charge on any atom is -0.481 e. The van der Waals surface area contributed by atoms with Gasteiger partial charge in [0.15, 0.2) is 6.61 Å². The smallest absolute Gasteiger partial charge is 0.481 e. The second kappa shape index (κ2) is 12.5. The van der Waals surface area contributed by atoms with E-state index in [4.69, 9.17) is 14.6 Å². The Balaban J connectivity index is 1.99. The van der Waals surface area contributed by atoms with Gasteiger partial charge in [-0.1, -0.05) is 62.1 Å². The molecule has 0 aliphatic heterocycles. The zero-order valence-electron chi connectivity index (χ0n) is 20.4. The average Bonchev–Trinajstić information content (AvgIpc) is 2.83. The topological polar surface area (TPSA) is 96.7 Å². The summed E-state index contributed by atoms with van der Waals surface area (Å²) in [5.74, 6) is 4.52. The fraction of sp³-hybridized carbons (Fsp3) is 0.286. The van der Waals surface area contributed by atoms with Crippen LogP contribution < -0.4 is 0 Å². The Morgan fingerprint density at radius 2 is 1.86 bits per heavy atom. The second-order valence-corrected chi connectivity index (χ2v) is 9.93. The molecular formula is C28H28FNO5P+. The zero-order valence-corrected chi connectivity index (χ0v) is 21.3. The van der Waals surface area contributed by atoms with Gasteiger partial charge < -0.3 is 10.2 Å². The zero-order chi connectivity index (χ0) is 26.2. The summed E-state index contributed by atoms with van der Waals surface area (Å²) in [7, 11) is -2.27. The van der Waals surface area contributed by atoms with Crippen molar-refractivity contribution >= 4 is 14.0 Å². The van der Waals surface area contributed by atoms with E-state index in [2.05, 4.69) is 11.8 Å². The summed E-state index contributed by atoms with van der Waals surface area (Å²) >= 11 is 0. The van der Waals surface area contributed by atoms with Gasteiger partial charge >= 0.3 is 14.0 Å². The lowest BCUT2D eigenvalue weighted by Crippen LogP contribution is -2.15. The van der Waals surface area contributed by atoms with Crippen LogP contribution in [0.2, 0.25) is 0 Å². The molecule has 2 atom stereocenters. The maximum atomic E-state index is 14.0. The van der Waals surface area contributed by atoms with Crippen molar-refractivity contribution in [3.05, 3.63) is 77.2 Å². The van der Waals surface area contributed by atoms with Crippen molar-refractivity contribution < 1.29 is 28.5 Å². The van der Waals surface area contributed by atoms with E-state index in [0.717, 1.165) is 28.1 Å². The summed E-state index contributed by atoms with van der Waals surface area (Å²) in [4.78, 5) is 15.5. The van der Waals surface area contributed by atoms with Crippen LogP contribution >= 0.6 is 8.03 Å². The van der Waals surface area contributed by atoms with Crippen LogP contribution in [0.4, 0.5) is 4.39 Å². The second-order valence-electron chi connectivity index (χ2n) is 8.64. The highest BCUT2D eigenvalue weighted by molar-refractivity contribution is 7.39. The predicted octanol–water partition coefficient (Wildman–Crippen LogP) is 5.93. The Bertz CT molecular complexity index is 1310. The number of benzene rings is 2. The third-order valence-corrected chi connectivity index (χ3v) is 6.53. The summed E-state index contributed by atoms with van der Waals surface area (Å²) < 4.78 is 31.3. The first-order valence-electron chi connectivity index (χ1n) is 11.5. The molecule has 0 saturated heterocycles. The monoisotopic (exact) mass is 508 g/mol.